The lowest BCUT2D eigenvalue weighted by Gasteiger charge is -2.07. The minimum atomic E-state index is -4.43. The van der Waals surface area contributed by atoms with Gasteiger partial charge in [0.25, 0.3) is 5.56 Å². The van der Waals surface area contributed by atoms with Crippen molar-refractivity contribution in [3.63, 3.8) is 0 Å². The summed E-state index contributed by atoms with van der Waals surface area (Å²) in [6.45, 7) is 0. The molecule has 3 aromatic heterocycles. The fourth-order valence-electron chi connectivity index (χ4n) is 2.75. The van der Waals surface area contributed by atoms with E-state index in [1.165, 1.54) is 41.7 Å². The fraction of sp³-hybridized carbons (Fsp3) is 0.188. The van der Waals surface area contributed by atoms with Crippen LogP contribution in [0.3, 0.4) is 0 Å². The highest BCUT2D eigenvalue weighted by atomic mass is 19.4. The van der Waals surface area contributed by atoms with Crippen LogP contribution in [0.1, 0.15) is 5.56 Å². The van der Waals surface area contributed by atoms with E-state index in [0.29, 0.717) is 5.69 Å². The summed E-state index contributed by atoms with van der Waals surface area (Å²) in [7, 11) is 2.83. The van der Waals surface area contributed by atoms with Gasteiger partial charge in [-0.2, -0.15) is 13.2 Å². The van der Waals surface area contributed by atoms with Gasteiger partial charge in [0.15, 0.2) is 11.5 Å². The molecule has 1 aromatic carbocycles. The van der Waals surface area contributed by atoms with E-state index in [0.717, 1.165) is 16.7 Å². The topological polar surface area (TPSA) is 103 Å². The van der Waals surface area contributed by atoms with E-state index in [9.17, 15) is 22.8 Å². The molecular formula is C16H12F3N7O2. The van der Waals surface area contributed by atoms with Crippen molar-refractivity contribution in [3.8, 4) is 17.2 Å². The van der Waals surface area contributed by atoms with Crippen molar-refractivity contribution in [2.24, 2.45) is 14.1 Å². The average molecular weight is 391 g/mol. The highest BCUT2D eigenvalue weighted by Gasteiger charge is 2.30. The largest absolute Gasteiger partial charge is 0.416 e. The lowest BCUT2D eigenvalue weighted by Crippen LogP contribution is -2.36. The summed E-state index contributed by atoms with van der Waals surface area (Å²) in [6.07, 6.45) is -2.98. The number of hydrogen-bond donors (Lipinski definition) is 1. The number of aromatic nitrogens is 7. The molecule has 0 atom stereocenters. The Hall–Kier alpha value is -3.70. The number of rotatable bonds is 2. The average Bonchev–Trinajstić information content (AvgIpc) is 3.31. The Balaban J connectivity index is 1.76. The maximum Gasteiger partial charge on any atom is 0.416 e. The standard InChI is InChI=1S/C16H12F3N7O2/c1-24-13-11(14(27)25(2)15(24)28)20-12(21-13)10-7-26(23-22-10)9-5-3-8(4-6-9)16(17,18)19/h3-7H,1-2H3,(H,20,21). The fourth-order valence-corrected chi connectivity index (χ4v) is 2.75. The normalized spacial score (nSPS) is 12.0. The lowest BCUT2D eigenvalue weighted by atomic mass is 10.2. The third kappa shape index (κ3) is 2.69. The van der Waals surface area contributed by atoms with Gasteiger partial charge in [0.05, 0.1) is 17.4 Å². The molecule has 0 radical (unpaired) electrons. The molecule has 0 spiro atoms. The van der Waals surface area contributed by atoms with Crippen LogP contribution >= 0.6 is 0 Å². The van der Waals surface area contributed by atoms with Crippen molar-refractivity contribution in [1.29, 1.82) is 0 Å². The first-order chi connectivity index (χ1) is 13.2. The number of aromatic amines is 1. The molecule has 0 aliphatic carbocycles. The molecule has 9 nitrogen and oxygen atoms in total. The monoisotopic (exact) mass is 391 g/mol. The molecule has 1 N–H and O–H groups in total. The molecule has 28 heavy (non-hydrogen) atoms. The number of H-pyrrole nitrogens is 1. The Morgan fingerprint density at radius 1 is 1.04 bits per heavy atom. The van der Waals surface area contributed by atoms with Crippen molar-refractivity contribution >= 4 is 11.2 Å². The van der Waals surface area contributed by atoms with Gasteiger partial charge in [-0.15, -0.1) is 5.10 Å². The predicted molar refractivity (Wildman–Crippen MR) is 91.9 cm³/mol. The van der Waals surface area contributed by atoms with Gasteiger partial charge in [-0.25, -0.2) is 14.5 Å². The van der Waals surface area contributed by atoms with Crippen LogP contribution in [-0.2, 0) is 20.3 Å². The zero-order valence-electron chi connectivity index (χ0n) is 14.5. The van der Waals surface area contributed by atoms with Gasteiger partial charge in [-0.1, -0.05) is 5.21 Å². The van der Waals surface area contributed by atoms with E-state index < -0.39 is 23.0 Å². The summed E-state index contributed by atoms with van der Waals surface area (Å²) in [5.41, 5.74) is -0.922. The lowest BCUT2D eigenvalue weighted by molar-refractivity contribution is -0.137. The number of alkyl halides is 3. The highest BCUT2D eigenvalue weighted by Crippen LogP contribution is 2.29. The van der Waals surface area contributed by atoms with Gasteiger partial charge in [0, 0.05) is 14.1 Å². The van der Waals surface area contributed by atoms with Gasteiger partial charge in [0.2, 0.25) is 0 Å². The molecule has 0 amide bonds. The smallest absolute Gasteiger partial charge is 0.331 e. The maximum atomic E-state index is 12.7. The molecule has 3 heterocycles. The third-order valence-electron chi connectivity index (χ3n) is 4.29. The van der Waals surface area contributed by atoms with Crippen LogP contribution in [0.25, 0.3) is 28.4 Å². The molecule has 0 saturated carbocycles. The van der Waals surface area contributed by atoms with Crippen LogP contribution in [0.2, 0.25) is 0 Å². The molecule has 12 heteroatoms. The number of aryl methyl sites for hydroxylation is 1. The molecule has 0 unspecified atom stereocenters. The summed E-state index contributed by atoms with van der Waals surface area (Å²) < 4.78 is 41.5. The molecule has 0 fully saturated rings. The van der Waals surface area contributed by atoms with E-state index in [4.69, 9.17) is 0 Å². The van der Waals surface area contributed by atoms with Crippen LogP contribution < -0.4 is 11.2 Å². The van der Waals surface area contributed by atoms with E-state index in [1.54, 1.807) is 0 Å². The molecule has 4 aromatic rings. The Morgan fingerprint density at radius 3 is 2.36 bits per heavy atom. The van der Waals surface area contributed by atoms with Crippen LogP contribution in [0.4, 0.5) is 13.2 Å². The van der Waals surface area contributed by atoms with E-state index in [2.05, 4.69) is 20.3 Å². The number of imidazole rings is 1. The number of halogens is 3. The minimum absolute atomic E-state index is 0.128. The van der Waals surface area contributed by atoms with Gasteiger partial charge in [-0.05, 0) is 24.3 Å². The zero-order valence-corrected chi connectivity index (χ0v) is 14.5. The van der Waals surface area contributed by atoms with Crippen molar-refractivity contribution in [2.75, 3.05) is 0 Å². The van der Waals surface area contributed by atoms with Gasteiger partial charge >= 0.3 is 11.9 Å². The third-order valence-corrected chi connectivity index (χ3v) is 4.29. The number of hydrogen-bond acceptors (Lipinski definition) is 5. The number of fused-ring (bicyclic) bond motifs is 1. The summed E-state index contributed by atoms with van der Waals surface area (Å²) in [4.78, 5) is 31.3. The second-order valence-corrected chi connectivity index (χ2v) is 6.08. The second-order valence-electron chi connectivity index (χ2n) is 6.08. The summed E-state index contributed by atoms with van der Waals surface area (Å²) >= 11 is 0. The van der Waals surface area contributed by atoms with Crippen molar-refractivity contribution in [1.82, 2.24) is 34.1 Å². The van der Waals surface area contributed by atoms with E-state index in [-0.39, 0.29) is 22.7 Å². The Bertz CT molecular complexity index is 1310. The molecular weight excluding hydrogens is 379 g/mol. The summed E-state index contributed by atoms with van der Waals surface area (Å²) in [5.74, 6) is 0.200. The van der Waals surface area contributed by atoms with Crippen LogP contribution in [0, 0.1) is 0 Å². The van der Waals surface area contributed by atoms with Crippen LogP contribution in [0.5, 0.6) is 0 Å². The molecule has 0 saturated heterocycles. The first-order valence-corrected chi connectivity index (χ1v) is 7.93. The minimum Gasteiger partial charge on any atom is -0.331 e. The number of benzene rings is 1. The molecule has 0 aliphatic heterocycles. The molecule has 0 bridgehead atoms. The Labute approximate surface area is 153 Å². The number of nitrogens with zero attached hydrogens (tertiary/aromatic N) is 6. The van der Waals surface area contributed by atoms with Gasteiger partial charge < -0.3 is 4.98 Å². The summed E-state index contributed by atoms with van der Waals surface area (Å²) in [6, 6.07) is 4.41. The highest BCUT2D eigenvalue weighted by molar-refractivity contribution is 5.74. The quantitative estimate of drug-likeness (QED) is 0.554. The Morgan fingerprint density at radius 2 is 1.71 bits per heavy atom. The van der Waals surface area contributed by atoms with Crippen LogP contribution in [0.15, 0.2) is 40.1 Å². The van der Waals surface area contributed by atoms with Crippen LogP contribution in [-0.4, -0.2) is 34.1 Å². The van der Waals surface area contributed by atoms with E-state index >= 15 is 0 Å². The SMILES string of the molecule is Cn1c(=O)c2[nH]c(-c3cn(-c4ccc(C(F)(F)F)cc4)nn3)nc2n(C)c1=O. The maximum absolute atomic E-state index is 12.7. The van der Waals surface area contributed by atoms with Gasteiger partial charge in [0.1, 0.15) is 11.2 Å². The zero-order chi connectivity index (χ0) is 20.2. The first-order valence-electron chi connectivity index (χ1n) is 7.93. The predicted octanol–water partition coefficient (Wildman–Crippen LogP) is 1.23. The molecule has 0 aliphatic rings. The Kier molecular flexibility index (Phi) is 3.73. The van der Waals surface area contributed by atoms with Crippen molar-refractivity contribution < 1.29 is 13.2 Å². The first kappa shape index (κ1) is 17.7. The van der Waals surface area contributed by atoms with Gasteiger partial charge in [-0.3, -0.25) is 13.9 Å². The van der Waals surface area contributed by atoms with Crippen molar-refractivity contribution in [2.45, 2.75) is 6.18 Å². The second kappa shape index (κ2) is 5.90. The summed E-state index contributed by atoms with van der Waals surface area (Å²) in [5, 5.41) is 7.81. The molecule has 144 valence electrons. The van der Waals surface area contributed by atoms with E-state index in [1.807, 2.05) is 0 Å². The van der Waals surface area contributed by atoms with Crippen molar-refractivity contribution in [3.05, 3.63) is 56.9 Å². The molecule has 4 rings (SSSR count). The number of nitrogens with one attached hydrogen (secondary N) is 1.